The molecule has 0 aliphatic rings. The molecule has 1 aromatic heterocycles. The van der Waals surface area contributed by atoms with Gasteiger partial charge >= 0.3 is 0 Å². The van der Waals surface area contributed by atoms with E-state index in [2.05, 4.69) is 34.6 Å². The quantitative estimate of drug-likeness (QED) is 0.333. The normalized spacial score (nSPS) is 11.4. The fourth-order valence-electron chi connectivity index (χ4n) is 2.36. The first-order chi connectivity index (χ1) is 12.5. The average molecular weight is 490 g/mol. The van der Waals surface area contributed by atoms with Crippen molar-refractivity contribution in [3.63, 3.8) is 0 Å². The van der Waals surface area contributed by atoms with Crippen molar-refractivity contribution in [3.8, 4) is 0 Å². The summed E-state index contributed by atoms with van der Waals surface area (Å²) in [5, 5.41) is 10.4. The molecule has 0 aliphatic heterocycles. The molecule has 0 spiro atoms. The van der Waals surface area contributed by atoms with Gasteiger partial charge in [0.2, 0.25) is 0 Å². The van der Waals surface area contributed by atoms with E-state index in [-0.39, 0.29) is 36.4 Å². The number of methoxy groups -OCH3 is 1. The molecule has 2 N–H and O–H groups in total. The highest BCUT2D eigenvalue weighted by atomic mass is 127. The van der Waals surface area contributed by atoms with E-state index in [1.165, 1.54) is 6.07 Å². The second-order valence-corrected chi connectivity index (χ2v) is 6.28. The number of rotatable bonds is 8. The lowest BCUT2D eigenvalue weighted by Crippen LogP contribution is -2.36. The van der Waals surface area contributed by atoms with Crippen molar-refractivity contribution >= 4 is 29.9 Å². The van der Waals surface area contributed by atoms with Gasteiger partial charge in [0, 0.05) is 25.3 Å². The lowest BCUT2D eigenvalue weighted by Gasteiger charge is -2.10. The predicted octanol–water partition coefficient (Wildman–Crippen LogP) is 3.96. The van der Waals surface area contributed by atoms with E-state index >= 15 is 0 Å². The summed E-state index contributed by atoms with van der Waals surface area (Å²) in [4.78, 5) is 4.54. The Balaban J connectivity index is 0.00000364. The van der Waals surface area contributed by atoms with Crippen molar-refractivity contribution in [1.29, 1.82) is 0 Å². The molecule has 0 atom stereocenters. The van der Waals surface area contributed by atoms with Crippen LogP contribution in [0.3, 0.4) is 0 Å². The van der Waals surface area contributed by atoms with E-state index < -0.39 is 0 Å². The topological polar surface area (TPSA) is 71.7 Å². The Bertz CT molecular complexity index is 734. The highest BCUT2D eigenvalue weighted by Gasteiger charge is 2.08. The van der Waals surface area contributed by atoms with E-state index in [4.69, 9.17) is 9.26 Å². The van der Waals surface area contributed by atoms with Crippen LogP contribution in [0.1, 0.15) is 49.3 Å². The van der Waals surface area contributed by atoms with Gasteiger partial charge in [-0.05, 0) is 30.5 Å². The smallest absolute Gasteiger partial charge is 0.191 e. The number of nitrogens with one attached hydrogen (secondary N) is 2. The van der Waals surface area contributed by atoms with Gasteiger partial charge < -0.3 is 19.9 Å². The zero-order valence-corrected chi connectivity index (χ0v) is 18.5. The number of guanidine groups is 1. The maximum Gasteiger partial charge on any atom is 0.191 e. The third-order valence-corrected chi connectivity index (χ3v) is 3.77. The maximum absolute atomic E-state index is 13.7. The Kier molecular flexibility index (Phi) is 10.3. The Morgan fingerprint density at radius 3 is 2.70 bits per heavy atom. The summed E-state index contributed by atoms with van der Waals surface area (Å²) in [7, 11) is 1.55. The van der Waals surface area contributed by atoms with Gasteiger partial charge in [0.05, 0.1) is 25.4 Å². The molecule has 0 amide bonds. The zero-order chi connectivity index (χ0) is 18.9. The van der Waals surface area contributed by atoms with Crippen LogP contribution in [0.5, 0.6) is 0 Å². The van der Waals surface area contributed by atoms with Crippen molar-refractivity contribution < 1.29 is 13.7 Å². The number of ether oxygens (including phenoxy) is 1. The Morgan fingerprint density at radius 1 is 1.30 bits per heavy atom. The number of hydrogen-bond donors (Lipinski definition) is 2. The maximum atomic E-state index is 13.7. The van der Waals surface area contributed by atoms with Gasteiger partial charge in [-0.15, -0.1) is 24.0 Å². The van der Waals surface area contributed by atoms with Crippen molar-refractivity contribution in [2.45, 2.75) is 46.4 Å². The molecule has 1 aromatic carbocycles. The molecule has 0 saturated carbocycles. The number of halogens is 2. The molecular weight excluding hydrogens is 462 g/mol. The van der Waals surface area contributed by atoms with Crippen LogP contribution in [0.4, 0.5) is 4.39 Å². The SMILES string of the molecule is CCNC(=NCc1ccc(F)c(COC)c1)NCc1cc(C(C)C)no1.I. The van der Waals surface area contributed by atoms with Crippen LogP contribution in [-0.2, 0) is 24.4 Å². The molecule has 27 heavy (non-hydrogen) atoms. The second kappa shape index (κ2) is 11.9. The van der Waals surface area contributed by atoms with Gasteiger partial charge in [-0.1, -0.05) is 25.1 Å². The van der Waals surface area contributed by atoms with Gasteiger partial charge in [0.15, 0.2) is 11.7 Å². The van der Waals surface area contributed by atoms with Crippen LogP contribution >= 0.6 is 24.0 Å². The van der Waals surface area contributed by atoms with E-state index in [0.29, 0.717) is 30.5 Å². The Labute approximate surface area is 177 Å². The Hall–Kier alpha value is -1.68. The summed E-state index contributed by atoms with van der Waals surface area (Å²) in [6, 6.07) is 6.89. The van der Waals surface area contributed by atoms with E-state index in [1.807, 2.05) is 13.0 Å². The van der Waals surface area contributed by atoms with Gasteiger partial charge in [-0.2, -0.15) is 0 Å². The minimum atomic E-state index is -0.268. The first kappa shape index (κ1) is 23.4. The van der Waals surface area contributed by atoms with E-state index in [9.17, 15) is 4.39 Å². The van der Waals surface area contributed by atoms with Gasteiger partial charge in [0.25, 0.3) is 0 Å². The molecule has 0 aliphatic carbocycles. The summed E-state index contributed by atoms with van der Waals surface area (Å²) in [5.41, 5.74) is 2.37. The highest BCUT2D eigenvalue weighted by molar-refractivity contribution is 14.0. The van der Waals surface area contributed by atoms with Gasteiger partial charge in [-0.25, -0.2) is 9.38 Å². The first-order valence-electron chi connectivity index (χ1n) is 8.77. The third-order valence-electron chi connectivity index (χ3n) is 3.77. The van der Waals surface area contributed by atoms with Gasteiger partial charge in [0.1, 0.15) is 5.82 Å². The fourth-order valence-corrected chi connectivity index (χ4v) is 2.36. The van der Waals surface area contributed by atoms with E-state index in [1.54, 1.807) is 19.2 Å². The molecule has 0 unspecified atom stereocenters. The lowest BCUT2D eigenvalue weighted by atomic mass is 10.1. The molecule has 0 bridgehead atoms. The van der Waals surface area contributed by atoms with Crippen LogP contribution in [0.2, 0.25) is 0 Å². The van der Waals surface area contributed by atoms with Crippen molar-refractivity contribution in [1.82, 2.24) is 15.8 Å². The van der Waals surface area contributed by atoms with Crippen molar-refractivity contribution in [2.24, 2.45) is 4.99 Å². The van der Waals surface area contributed by atoms with Crippen LogP contribution in [0.15, 0.2) is 33.8 Å². The summed E-state index contributed by atoms with van der Waals surface area (Å²) in [6.45, 7) is 8.03. The zero-order valence-electron chi connectivity index (χ0n) is 16.2. The lowest BCUT2D eigenvalue weighted by molar-refractivity contribution is 0.181. The number of nitrogens with zero attached hydrogens (tertiary/aromatic N) is 2. The fraction of sp³-hybridized carbons (Fsp3) is 0.474. The highest BCUT2D eigenvalue weighted by Crippen LogP contribution is 2.14. The molecule has 6 nitrogen and oxygen atoms in total. The molecule has 0 saturated heterocycles. The first-order valence-corrected chi connectivity index (χ1v) is 8.77. The number of benzene rings is 1. The number of aliphatic imine (C=N–C) groups is 1. The van der Waals surface area contributed by atoms with Crippen molar-refractivity contribution in [3.05, 3.63) is 52.7 Å². The number of aromatic nitrogens is 1. The molecule has 150 valence electrons. The summed E-state index contributed by atoms with van der Waals surface area (Å²) >= 11 is 0. The second-order valence-electron chi connectivity index (χ2n) is 6.28. The average Bonchev–Trinajstić information content (AvgIpc) is 3.09. The third kappa shape index (κ3) is 7.45. The summed E-state index contributed by atoms with van der Waals surface area (Å²) < 4.78 is 24.0. The Morgan fingerprint density at radius 2 is 2.07 bits per heavy atom. The largest absolute Gasteiger partial charge is 0.380 e. The molecule has 2 aromatic rings. The molecule has 0 fully saturated rings. The number of hydrogen-bond acceptors (Lipinski definition) is 4. The molecule has 0 radical (unpaired) electrons. The van der Waals surface area contributed by atoms with Crippen LogP contribution in [0.25, 0.3) is 0 Å². The minimum absolute atomic E-state index is 0. The molecule has 8 heteroatoms. The van der Waals surface area contributed by atoms with Crippen LogP contribution in [-0.4, -0.2) is 24.8 Å². The molecule has 1 heterocycles. The van der Waals surface area contributed by atoms with Gasteiger partial charge in [-0.3, -0.25) is 0 Å². The summed E-state index contributed by atoms with van der Waals surface area (Å²) in [6.07, 6.45) is 0. The molecule has 2 rings (SSSR count). The molecular formula is C19H28FIN4O2. The van der Waals surface area contributed by atoms with Crippen LogP contribution in [0, 0.1) is 5.82 Å². The minimum Gasteiger partial charge on any atom is -0.380 e. The summed E-state index contributed by atoms with van der Waals surface area (Å²) in [5.74, 6) is 1.47. The predicted molar refractivity (Wildman–Crippen MR) is 115 cm³/mol. The standard InChI is InChI=1S/C19H27FN4O2.HI/c1-5-21-19(23-11-16-9-18(13(2)3)24-26-16)22-10-14-6-7-17(20)15(8-14)12-25-4;/h6-9,13H,5,10-12H2,1-4H3,(H2,21,22,23);1H. The van der Waals surface area contributed by atoms with Crippen LogP contribution < -0.4 is 10.6 Å². The monoisotopic (exact) mass is 490 g/mol. The van der Waals surface area contributed by atoms with Crippen molar-refractivity contribution in [2.75, 3.05) is 13.7 Å². The van der Waals surface area contributed by atoms with E-state index in [0.717, 1.165) is 23.6 Å².